The number of nitrogens with zero attached hydrogens (tertiary/aromatic N) is 1. The van der Waals surface area contributed by atoms with Gasteiger partial charge < -0.3 is 15.4 Å². The minimum absolute atomic E-state index is 0.0501. The largest absolute Gasteiger partial charge is 0.383 e. The number of methoxy groups -OCH3 is 1. The van der Waals surface area contributed by atoms with Gasteiger partial charge in [0.2, 0.25) is 5.91 Å². The van der Waals surface area contributed by atoms with Gasteiger partial charge >= 0.3 is 0 Å². The zero-order valence-corrected chi connectivity index (χ0v) is 10.4. The number of ether oxygens (including phenoxy) is 1. The standard InChI is InChI=1S/C13H20N2O2/c1-15(8-9-17-2)13(16)12(14)10-11-6-4-3-5-7-11/h3-7,12H,8-10,14H2,1-2H3/t12-/m1/s1. The predicted molar refractivity (Wildman–Crippen MR) is 67.6 cm³/mol. The molecule has 0 aliphatic carbocycles. The molecule has 0 heterocycles. The van der Waals surface area contributed by atoms with Gasteiger partial charge in [-0.2, -0.15) is 0 Å². The number of carbonyl (C=O) groups excluding carboxylic acids is 1. The van der Waals surface area contributed by atoms with Crippen LogP contribution in [0.5, 0.6) is 0 Å². The molecule has 0 saturated heterocycles. The van der Waals surface area contributed by atoms with Crippen molar-refractivity contribution < 1.29 is 9.53 Å². The zero-order valence-electron chi connectivity index (χ0n) is 10.4. The van der Waals surface area contributed by atoms with Gasteiger partial charge in [-0.15, -0.1) is 0 Å². The number of benzene rings is 1. The van der Waals surface area contributed by atoms with Gasteiger partial charge in [-0.1, -0.05) is 30.3 Å². The summed E-state index contributed by atoms with van der Waals surface area (Å²) in [6, 6.07) is 9.30. The minimum atomic E-state index is -0.487. The summed E-state index contributed by atoms with van der Waals surface area (Å²) in [6.07, 6.45) is 0.566. The Kier molecular flexibility index (Phi) is 5.66. The molecule has 0 fully saturated rings. The molecule has 1 aromatic rings. The maximum atomic E-state index is 11.9. The van der Waals surface area contributed by atoms with Gasteiger partial charge in [0.1, 0.15) is 0 Å². The zero-order chi connectivity index (χ0) is 12.7. The Hall–Kier alpha value is -1.39. The Morgan fingerprint density at radius 3 is 2.65 bits per heavy atom. The first kappa shape index (κ1) is 13.7. The molecule has 1 aromatic carbocycles. The Morgan fingerprint density at radius 2 is 2.06 bits per heavy atom. The second-order valence-corrected chi connectivity index (χ2v) is 4.05. The topological polar surface area (TPSA) is 55.6 Å². The van der Waals surface area contributed by atoms with Crippen LogP contribution in [0.4, 0.5) is 0 Å². The van der Waals surface area contributed by atoms with Crippen LogP contribution in [0, 0.1) is 0 Å². The molecule has 94 valence electrons. The molecule has 17 heavy (non-hydrogen) atoms. The van der Waals surface area contributed by atoms with Crippen molar-refractivity contribution in [3.05, 3.63) is 35.9 Å². The number of hydrogen-bond donors (Lipinski definition) is 1. The maximum absolute atomic E-state index is 11.9. The lowest BCUT2D eigenvalue weighted by atomic mass is 10.1. The summed E-state index contributed by atoms with van der Waals surface area (Å²) in [5.74, 6) is -0.0501. The Balaban J connectivity index is 2.47. The Morgan fingerprint density at radius 1 is 1.41 bits per heavy atom. The normalized spacial score (nSPS) is 12.2. The van der Waals surface area contributed by atoms with Crippen LogP contribution in [0.1, 0.15) is 5.56 Å². The third kappa shape index (κ3) is 4.54. The van der Waals surface area contributed by atoms with Crippen molar-refractivity contribution in [2.75, 3.05) is 27.3 Å². The summed E-state index contributed by atoms with van der Waals surface area (Å²) < 4.78 is 4.93. The highest BCUT2D eigenvalue weighted by atomic mass is 16.5. The molecule has 0 aliphatic rings. The molecular formula is C13H20N2O2. The first-order valence-corrected chi connectivity index (χ1v) is 5.68. The molecule has 0 radical (unpaired) electrons. The summed E-state index contributed by atoms with van der Waals surface area (Å²) in [5, 5.41) is 0. The van der Waals surface area contributed by atoms with E-state index in [0.717, 1.165) is 5.56 Å². The molecule has 1 rings (SSSR count). The van der Waals surface area contributed by atoms with Gasteiger partial charge in [0.05, 0.1) is 12.6 Å². The smallest absolute Gasteiger partial charge is 0.239 e. The van der Waals surface area contributed by atoms with Crippen LogP contribution < -0.4 is 5.73 Å². The lowest BCUT2D eigenvalue weighted by Crippen LogP contribution is -2.44. The van der Waals surface area contributed by atoms with E-state index in [2.05, 4.69) is 0 Å². The van der Waals surface area contributed by atoms with Gasteiger partial charge in [0.15, 0.2) is 0 Å². The van der Waals surface area contributed by atoms with Gasteiger partial charge in [-0.3, -0.25) is 4.79 Å². The molecule has 0 saturated carbocycles. The SMILES string of the molecule is COCCN(C)C(=O)[C@H](N)Cc1ccccc1. The van der Waals surface area contributed by atoms with Crippen molar-refractivity contribution in [1.82, 2.24) is 4.90 Å². The summed E-state index contributed by atoms with van der Waals surface area (Å²) in [7, 11) is 3.36. The third-order valence-corrected chi connectivity index (χ3v) is 2.62. The molecule has 1 amide bonds. The predicted octanol–water partition coefficient (Wildman–Crippen LogP) is 0.661. The van der Waals surface area contributed by atoms with E-state index in [1.807, 2.05) is 30.3 Å². The van der Waals surface area contributed by atoms with Gasteiger partial charge in [0, 0.05) is 20.7 Å². The molecule has 0 aromatic heterocycles. The van der Waals surface area contributed by atoms with E-state index in [1.165, 1.54) is 0 Å². The molecule has 4 heteroatoms. The van der Waals surface area contributed by atoms with E-state index in [4.69, 9.17) is 10.5 Å². The molecule has 1 atom stereocenters. The summed E-state index contributed by atoms with van der Waals surface area (Å²) in [5.41, 5.74) is 6.97. The summed E-state index contributed by atoms with van der Waals surface area (Å²) >= 11 is 0. The van der Waals surface area contributed by atoms with Crippen molar-refractivity contribution in [3.8, 4) is 0 Å². The fourth-order valence-electron chi connectivity index (χ4n) is 1.58. The van der Waals surface area contributed by atoms with Crippen molar-refractivity contribution in [2.24, 2.45) is 5.73 Å². The fourth-order valence-corrected chi connectivity index (χ4v) is 1.58. The molecule has 0 bridgehead atoms. The fraction of sp³-hybridized carbons (Fsp3) is 0.462. The lowest BCUT2D eigenvalue weighted by molar-refractivity contribution is -0.131. The van der Waals surface area contributed by atoms with E-state index in [1.54, 1.807) is 19.1 Å². The number of amides is 1. The van der Waals surface area contributed by atoms with Gasteiger partial charge in [-0.05, 0) is 12.0 Å². The van der Waals surface area contributed by atoms with Crippen molar-refractivity contribution in [2.45, 2.75) is 12.5 Å². The lowest BCUT2D eigenvalue weighted by Gasteiger charge is -2.21. The van der Waals surface area contributed by atoms with Crippen molar-refractivity contribution >= 4 is 5.91 Å². The molecule has 0 spiro atoms. The number of hydrogen-bond acceptors (Lipinski definition) is 3. The van der Waals surface area contributed by atoms with E-state index in [0.29, 0.717) is 19.6 Å². The average Bonchev–Trinajstić information content (AvgIpc) is 2.36. The van der Waals surface area contributed by atoms with Gasteiger partial charge in [-0.25, -0.2) is 0 Å². The number of nitrogens with two attached hydrogens (primary N) is 1. The van der Waals surface area contributed by atoms with Crippen LogP contribution in [0.25, 0.3) is 0 Å². The van der Waals surface area contributed by atoms with Crippen LogP contribution in [0.2, 0.25) is 0 Å². The minimum Gasteiger partial charge on any atom is -0.383 e. The van der Waals surface area contributed by atoms with E-state index >= 15 is 0 Å². The highest BCUT2D eigenvalue weighted by molar-refractivity contribution is 5.81. The summed E-state index contributed by atoms with van der Waals surface area (Å²) in [4.78, 5) is 13.5. The van der Waals surface area contributed by atoms with Crippen LogP contribution in [-0.2, 0) is 16.0 Å². The Bertz CT molecular complexity index is 341. The highest BCUT2D eigenvalue weighted by Gasteiger charge is 2.17. The van der Waals surface area contributed by atoms with Crippen molar-refractivity contribution in [1.29, 1.82) is 0 Å². The molecule has 4 nitrogen and oxygen atoms in total. The highest BCUT2D eigenvalue weighted by Crippen LogP contribution is 2.03. The second kappa shape index (κ2) is 7.04. The first-order chi connectivity index (χ1) is 8.15. The van der Waals surface area contributed by atoms with Crippen LogP contribution in [0.15, 0.2) is 30.3 Å². The van der Waals surface area contributed by atoms with E-state index < -0.39 is 6.04 Å². The molecule has 0 aliphatic heterocycles. The van der Waals surface area contributed by atoms with Crippen LogP contribution in [-0.4, -0.2) is 44.2 Å². The van der Waals surface area contributed by atoms with Crippen LogP contribution >= 0.6 is 0 Å². The molecule has 0 unspecified atom stereocenters. The maximum Gasteiger partial charge on any atom is 0.239 e. The van der Waals surface area contributed by atoms with Gasteiger partial charge in [0.25, 0.3) is 0 Å². The van der Waals surface area contributed by atoms with Crippen LogP contribution in [0.3, 0.4) is 0 Å². The summed E-state index contributed by atoms with van der Waals surface area (Å²) in [6.45, 7) is 1.10. The number of likely N-dealkylation sites (N-methyl/N-ethyl adjacent to an activating group) is 1. The molecular weight excluding hydrogens is 216 g/mol. The Labute approximate surface area is 102 Å². The quantitative estimate of drug-likeness (QED) is 0.789. The second-order valence-electron chi connectivity index (χ2n) is 4.05. The van der Waals surface area contributed by atoms with E-state index in [-0.39, 0.29) is 5.91 Å². The monoisotopic (exact) mass is 236 g/mol. The number of rotatable bonds is 6. The van der Waals surface area contributed by atoms with Crippen molar-refractivity contribution in [3.63, 3.8) is 0 Å². The third-order valence-electron chi connectivity index (χ3n) is 2.62. The van der Waals surface area contributed by atoms with E-state index in [9.17, 15) is 4.79 Å². The first-order valence-electron chi connectivity index (χ1n) is 5.68. The average molecular weight is 236 g/mol. The molecule has 2 N–H and O–H groups in total. The number of carbonyl (C=O) groups is 1.